The molecule has 1 amide bonds. The number of carbonyl (C=O) groups excluding carboxylic acids is 1. The summed E-state index contributed by atoms with van der Waals surface area (Å²) in [5, 5.41) is 12.3. The molecule has 3 aromatic rings. The van der Waals surface area contributed by atoms with Crippen molar-refractivity contribution in [3.8, 4) is 11.1 Å². The molecule has 2 heterocycles. The van der Waals surface area contributed by atoms with Crippen LogP contribution in [0.15, 0.2) is 72.8 Å². The van der Waals surface area contributed by atoms with Crippen molar-refractivity contribution in [2.45, 2.75) is 45.0 Å². The summed E-state index contributed by atoms with van der Waals surface area (Å²) in [5.74, 6) is -0.0452. The van der Waals surface area contributed by atoms with E-state index in [1.165, 1.54) is 6.92 Å². The minimum atomic E-state index is -0.500. The van der Waals surface area contributed by atoms with Gasteiger partial charge in [0.15, 0.2) is 6.29 Å². The Labute approximate surface area is 224 Å². The van der Waals surface area contributed by atoms with Gasteiger partial charge in [-0.1, -0.05) is 60.7 Å². The van der Waals surface area contributed by atoms with Crippen molar-refractivity contribution < 1.29 is 24.1 Å². The maximum atomic E-state index is 11.3. The summed E-state index contributed by atoms with van der Waals surface area (Å²) in [7, 11) is 0. The van der Waals surface area contributed by atoms with E-state index in [-0.39, 0.29) is 24.7 Å². The van der Waals surface area contributed by atoms with Crippen molar-refractivity contribution in [3.05, 3.63) is 95.1 Å². The smallest absolute Gasteiger partial charge is 0.217 e. The maximum absolute atomic E-state index is 11.3. The van der Waals surface area contributed by atoms with Crippen LogP contribution >= 0.6 is 0 Å². The van der Waals surface area contributed by atoms with Crippen LogP contribution in [0.3, 0.4) is 0 Å². The van der Waals surface area contributed by atoms with Crippen LogP contribution in [0.2, 0.25) is 0 Å². The number of aliphatic hydroxyl groups is 1. The number of rotatable bonds is 8. The second-order valence-electron chi connectivity index (χ2n) is 10.00. The third-order valence-corrected chi connectivity index (χ3v) is 7.14. The van der Waals surface area contributed by atoms with Gasteiger partial charge < -0.3 is 24.6 Å². The fourth-order valence-corrected chi connectivity index (χ4v) is 5.06. The van der Waals surface area contributed by atoms with Crippen LogP contribution < -0.4 is 5.32 Å². The van der Waals surface area contributed by atoms with Gasteiger partial charge in [-0.2, -0.15) is 0 Å². The summed E-state index contributed by atoms with van der Waals surface area (Å²) in [6, 6.07) is 24.5. The highest BCUT2D eigenvalue weighted by Crippen LogP contribution is 2.39. The van der Waals surface area contributed by atoms with Crippen molar-refractivity contribution in [3.63, 3.8) is 0 Å². The number of carbonyl (C=O) groups is 1. The van der Waals surface area contributed by atoms with Gasteiger partial charge in [-0.15, -0.1) is 0 Å². The molecule has 2 saturated heterocycles. The Morgan fingerprint density at radius 2 is 1.66 bits per heavy atom. The molecule has 2 N–H and O–H groups in total. The highest BCUT2D eigenvalue weighted by molar-refractivity contribution is 5.73. The summed E-state index contributed by atoms with van der Waals surface area (Å²) >= 11 is 0. The number of benzene rings is 3. The van der Waals surface area contributed by atoms with E-state index in [1.807, 2.05) is 42.5 Å². The molecule has 0 saturated carbocycles. The molecule has 0 radical (unpaired) electrons. The quantitative estimate of drug-likeness (QED) is 0.463. The van der Waals surface area contributed by atoms with Crippen LogP contribution in [-0.4, -0.2) is 54.9 Å². The Morgan fingerprint density at radius 1 is 0.921 bits per heavy atom. The van der Waals surface area contributed by atoms with Crippen molar-refractivity contribution in [1.82, 2.24) is 10.2 Å². The van der Waals surface area contributed by atoms with Gasteiger partial charge in [0.05, 0.1) is 32.0 Å². The predicted octanol–water partition coefficient (Wildman–Crippen LogP) is 4.36. The number of morpholine rings is 1. The average Bonchev–Trinajstić information content (AvgIpc) is 2.97. The highest BCUT2D eigenvalue weighted by atomic mass is 16.7. The molecule has 2 aliphatic rings. The molecule has 0 aromatic heterocycles. The second-order valence-corrected chi connectivity index (χ2v) is 10.00. The van der Waals surface area contributed by atoms with Gasteiger partial charge in [0.1, 0.15) is 0 Å². The zero-order chi connectivity index (χ0) is 26.3. The molecule has 0 aliphatic carbocycles. The predicted molar refractivity (Wildman–Crippen MR) is 145 cm³/mol. The molecule has 7 nitrogen and oxygen atoms in total. The molecule has 200 valence electrons. The average molecular weight is 517 g/mol. The number of hydrogen-bond donors (Lipinski definition) is 2. The van der Waals surface area contributed by atoms with E-state index >= 15 is 0 Å². The van der Waals surface area contributed by atoms with Crippen LogP contribution in [0, 0.1) is 0 Å². The minimum Gasteiger partial charge on any atom is -0.392 e. The van der Waals surface area contributed by atoms with Crippen molar-refractivity contribution in [1.29, 1.82) is 0 Å². The number of hydrogen-bond acceptors (Lipinski definition) is 6. The normalized spacial score (nSPS) is 22.2. The van der Waals surface area contributed by atoms with Crippen LogP contribution in [0.4, 0.5) is 0 Å². The lowest BCUT2D eigenvalue weighted by atomic mass is 9.98. The lowest BCUT2D eigenvalue weighted by Gasteiger charge is -2.39. The van der Waals surface area contributed by atoms with E-state index < -0.39 is 6.29 Å². The summed E-state index contributed by atoms with van der Waals surface area (Å²) in [5.41, 5.74) is 6.13. The van der Waals surface area contributed by atoms with Crippen LogP contribution in [0.1, 0.15) is 48.0 Å². The van der Waals surface area contributed by atoms with Gasteiger partial charge in [-0.3, -0.25) is 9.69 Å². The van der Waals surface area contributed by atoms with E-state index in [2.05, 4.69) is 40.5 Å². The number of amides is 1. The summed E-state index contributed by atoms with van der Waals surface area (Å²) in [6.07, 6.45) is 0.160. The van der Waals surface area contributed by atoms with Crippen LogP contribution in [0.5, 0.6) is 0 Å². The van der Waals surface area contributed by atoms with E-state index in [4.69, 9.17) is 14.2 Å². The monoisotopic (exact) mass is 516 g/mol. The lowest BCUT2D eigenvalue weighted by Crippen LogP contribution is -2.44. The lowest BCUT2D eigenvalue weighted by molar-refractivity contribution is -0.253. The molecular formula is C31H36N2O5. The molecular weight excluding hydrogens is 480 g/mol. The SMILES string of the molecule is CC(=O)NCc1cccc(-c2cccc(C3OC(CN4CCOCC4)CC(c4ccc(CO)cc4)O3)c2)c1. The summed E-state index contributed by atoms with van der Waals surface area (Å²) in [6.45, 7) is 6.20. The van der Waals surface area contributed by atoms with E-state index in [0.717, 1.165) is 72.6 Å². The van der Waals surface area contributed by atoms with Gasteiger partial charge in [-0.05, 0) is 39.9 Å². The van der Waals surface area contributed by atoms with Crippen molar-refractivity contribution >= 4 is 5.91 Å². The van der Waals surface area contributed by atoms with Gasteiger partial charge in [0.2, 0.25) is 5.91 Å². The van der Waals surface area contributed by atoms with Crippen LogP contribution in [0.25, 0.3) is 11.1 Å². The zero-order valence-corrected chi connectivity index (χ0v) is 21.8. The number of ether oxygens (including phenoxy) is 3. The fraction of sp³-hybridized carbons (Fsp3) is 0.387. The van der Waals surface area contributed by atoms with Gasteiger partial charge in [-0.25, -0.2) is 0 Å². The Bertz CT molecular complexity index is 1210. The number of aliphatic hydroxyl groups excluding tert-OH is 1. The molecule has 3 aromatic carbocycles. The molecule has 3 unspecified atom stereocenters. The first-order chi connectivity index (χ1) is 18.6. The minimum absolute atomic E-state index is 0.0130. The third-order valence-electron chi connectivity index (χ3n) is 7.14. The molecule has 3 atom stereocenters. The molecule has 0 bridgehead atoms. The zero-order valence-electron chi connectivity index (χ0n) is 21.8. The third kappa shape index (κ3) is 6.87. The van der Waals surface area contributed by atoms with Crippen molar-refractivity contribution in [2.75, 3.05) is 32.8 Å². The Balaban J connectivity index is 1.38. The Hall–Kier alpha value is -3.07. The Kier molecular flexibility index (Phi) is 8.83. The van der Waals surface area contributed by atoms with Crippen molar-refractivity contribution in [2.24, 2.45) is 0 Å². The number of nitrogens with zero attached hydrogens (tertiary/aromatic N) is 1. The second kappa shape index (κ2) is 12.7. The maximum Gasteiger partial charge on any atom is 0.217 e. The van der Waals surface area contributed by atoms with E-state index in [0.29, 0.717) is 6.54 Å². The summed E-state index contributed by atoms with van der Waals surface area (Å²) < 4.78 is 18.6. The molecule has 7 heteroatoms. The first-order valence-electron chi connectivity index (χ1n) is 13.3. The summed E-state index contributed by atoms with van der Waals surface area (Å²) in [4.78, 5) is 13.7. The standard InChI is InChI=1S/C31H36N2O5/c1-22(35)32-19-24-4-2-5-26(16-24)27-6-3-7-28(17-27)31-37-29(20-33-12-14-36-15-13-33)18-30(38-31)25-10-8-23(21-34)9-11-25/h2-11,16-17,29-31,34H,12-15,18-21H2,1H3,(H,32,35). The fourth-order valence-electron chi connectivity index (χ4n) is 5.06. The van der Waals surface area contributed by atoms with Crippen LogP contribution in [-0.2, 0) is 32.2 Å². The van der Waals surface area contributed by atoms with E-state index in [9.17, 15) is 9.90 Å². The van der Waals surface area contributed by atoms with E-state index in [1.54, 1.807) is 0 Å². The first-order valence-corrected chi connectivity index (χ1v) is 13.3. The molecule has 2 aliphatic heterocycles. The largest absolute Gasteiger partial charge is 0.392 e. The van der Waals surface area contributed by atoms with Gasteiger partial charge >= 0.3 is 0 Å². The van der Waals surface area contributed by atoms with Gasteiger partial charge in [0, 0.05) is 45.1 Å². The molecule has 5 rings (SSSR count). The molecule has 2 fully saturated rings. The molecule has 0 spiro atoms. The van der Waals surface area contributed by atoms with Gasteiger partial charge in [0.25, 0.3) is 0 Å². The number of nitrogens with one attached hydrogen (secondary N) is 1. The molecule has 38 heavy (non-hydrogen) atoms. The first kappa shape index (κ1) is 26.5. The topological polar surface area (TPSA) is 80.3 Å². The highest BCUT2D eigenvalue weighted by Gasteiger charge is 2.33. The Morgan fingerprint density at radius 3 is 2.39 bits per heavy atom.